The van der Waals surface area contributed by atoms with E-state index in [-0.39, 0.29) is 39.3 Å². The highest BCUT2D eigenvalue weighted by Gasteiger charge is 2.53. The van der Waals surface area contributed by atoms with E-state index < -0.39 is 108 Å². The third-order valence-corrected chi connectivity index (χ3v) is 11.3. The molecule has 0 aliphatic carbocycles. The Morgan fingerprint density at radius 2 is 1.06 bits per heavy atom. The van der Waals surface area contributed by atoms with E-state index in [4.69, 9.17) is 47.4 Å². The predicted octanol–water partition coefficient (Wildman–Crippen LogP) is 3.54. The number of methoxy groups -OCH3 is 1. The van der Waals surface area contributed by atoms with Gasteiger partial charge in [-0.05, 0) is 30.7 Å². The summed E-state index contributed by atoms with van der Waals surface area (Å²) in [5, 5.41) is 5.92. The second-order valence-electron chi connectivity index (χ2n) is 15.2. The van der Waals surface area contributed by atoms with Crippen molar-refractivity contribution in [3.05, 3.63) is 71.8 Å². The number of amides is 2. The summed E-state index contributed by atoms with van der Waals surface area (Å²) in [5.41, 5.74) is 1.01. The smallest absolute Gasteiger partial charge is 0.303 e. The molecule has 2 N–H and O–H groups in total. The topological polar surface area (TPSA) is 219 Å². The highest BCUT2D eigenvalue weighted by Crippen LogP contribution is 2.36. The number of ether oxygens (including phenoxy) is 10. The number of nitrogens with one attached hydrogen (secondary N) is 2. The van der Waals surface area contributed by atoms with E-state index in [1.807, 2.05) is 67.6 Å². The van der Waals surface area contributed by atoms with Crippen LogP contribution in [-0.2, 0) is 89.3 Å². The van der Waals surface area contributed by atoms with Gasteiger partial charge in [0.2, 0.25) is 0 Å². The van der Waals surface area contributed by atoms with Crippen LogP contribution in [0, 0.1) is 0 Å². The fraction of sp³-hybridized carbons (Fsp3) is 0.600. The molecule has 0 bridgehead atoms. The molecule has 4 rings (SSSR count). The molecule has 2 saturated heterocycles. The Morgan fingerprint density at radius 1 is 0.625 bits per heavy atom. The molecule has 354 valence electrons. The summed E-state index contributed by atoms with van der Waals surface area (Å²) >= 11 is 1.46. The standard InChI is InChI=1S/C45H62N2O16S/c1-9-64-45-41(39(58-25-33-18-14-11-15-19-33)37(27(3)60-45)47-43(53)35(62-31(7)51)21-23-56-29(5)49)63-44-40(54-8)38(57-24-32-16-12-10-13-17-32)36(26(2)59-44)46-42(52)34(61-30(6)50)20-22-55-28(4)48/h10-19,26-27,34-41,44-45H,9,20-25H2,1-8H3,(H,46,52)(H,47,53)/t26-,27-,34-,35-,36-,37-,38+,39+,40+,41+,44-,45-/m1/s1. The zero-order valence-corrected chi connectivity index (χ0v) is 38.4. The Balaban J connectivity index is 1.70. The van der Waals surface area contributed by atoms with Gasteiger partial charge in [0.15, 0.2) is 18.5 Å². The molecule has 2 heterocycles. The summed E-state index contributed by atoms with van der Waals surface area (Å²) in [4.78, 5) is 74.9. The number of benzene rings is 2. The minimum absolute atomic E-state index is 0.101. The van der Waals surface area contributed by atoms with E-state index in [0.717, 1.165) is 11.1 Å². The maximum Gasteiger partial charge on any atom is 0.303 e. The third kappa shape index (κ3) is 16.1. The molecule has 2 aromatic rings. The highest BCUT2D eigenvalue weighted by atomic mass is 32.2. The summed E-state index contributed by atoms with van der Waals surface area (Å²) in [6.45, 7) is 10.2. The molecule has 18 nitrogen and oxygen atoms in total. The molecule has 2 aliphatic heterocycles. The molecule has 0 aromatic heterocycles. The Bertz CT molecular complexity index is 1810. The Hall–Kier alpha value is -4.63. The highest BCUT2D eigenvalue weighted by molar-refractivity contribution is 7.99. The number of hydrogen-bond donors (Lipinski definition) is 2. The molecule has 0 saturated carbocycles. The molecular weight excluding hydrogens is 857 g/mol. The number of hydrogen-bond acceptors (Lipinski definition) is 17. The molecule has 2 fully saturated rings. The van der Waals surface area contributed by atoms with Crippen molar-refractivity contribution in [1.82, 2.24) is 10.6 Å². The minimum atomic E-state index is -1.31. The first-order valence-corrected chi connectivity index (χ1v) is 22.3. The average Bonchev–Trinajstić information content (AvgIpc) is 3.24. The van der Waals surface area contributed by atoms with E-state index >= 15 is 0 Å². The van der Waals surface area contributed by atoms with Crippen LogP contribution < -0.4 is 10.6 Å². The van der Waals surface area contributed by atoms with Gasteiger partial charge in [-0.25, -0.2) is 0 Å². The zero-order chi connectivity index (χ0) is 46.8. The van der Waals surface area contributed by atoms with Crippen molar-refractivity contribution < 1.29 is 76.1 Å². The molecule has 0 radical (unpaired) electrons. The van der Waals surface area contributed by atoms with Crippen LogP contribution in [0.2, 0.25) is 0 Å². The lowest BCUT2D eigenvalue weighted by molar-refractivity contribution is -0.321. The van der Waals surface area contributed by atoms with Crippen LogP contribution in [0.5, 0.6) is 0 Å². The van der Waals surface area contributed by atoms with E-state index in [0.29, 0.717) is 5.75 Å². The number of carbonyl (C=O) groups is 6. The Morgan fingerprint density at radius 3 is 1.47 bits per heavy atom. The van der Waals surface area contributed by atoms with Crippen molar-refractivity contribution >= 4 is 47.5 Å². The van der Waals surface area contributed by atoms with Crippen molar-refractivity contribution in [2.45, 2.75) is 147 Å². The number of thioether (sulfide) groups is 1. The second-order valence-corrected chi connectivity index (χ2v) is 16.6. The van der Waals surface area contributed by atoms with Gasteiger partial charge in [-0.2, -0.15) is 0 Å². The van der Waals surface area contributed by atoms with Gasteiger partial charge < -0.3 is 58.0 Å². The van der Waals surface area contributed by atoms with E-state index in [1.165, 1.54) is 46.6 Å². The Kier molecular flexibility index (Phi) is 21.4. The van der Waals surface area contributed by atoms with Crippen LogP contribution in [0.3, 0.4) is 0 Å². The van der Waals surface area contributed by atoms with Gasteiger partial charge in [-0.1, -0.05) is 67.6 Å². The van der Waals surface area contributed by atoms with Gasteiger partial charge in [0.25, 0.3) is 11.8 Å². The van der Waals surface area contributed by atoms with Crippen molar-refractivity contribution in [1.29, 1.82) is 0 Å². The molecule has 2 aromatic carbocycles. The lowest BCUT2D eigenvalue weighted by atomic mass is 9.94. The summed E-state index contributed by atoms with van der Waals surface area (Å²) in [5.74, 6) is -3.25. The van der Waals surface area contributed by atoms with Crippen LogP contribution in [0.1, 0.15) is 72.4 Å². The molecule has 19 heteroatoms. The van der Waals surface area contributed by atoms with Gasteiger partial charge in [0, 0.05) is 47.6 Å². The van der Waals surface area contributed by atoms with Crippen LogP contribution in [-0.4, -0.2) is 134 Å². The maximum atomic E-state index is 14.0. The second kappa shape index (κ2) is 26.4. The molecule has 2 aliphatic rings. The average molecular weight is 919 g/mol. The van der Waals surface area contributed by atoms with Crippen molar-refractivity contribution in [3.63, 3.8) is 0 Å². The molecule has 0 spiro atoms. The van der Waals surface area contributed by atoms with E-state index in [2.05, 4.69) is 10.6 Å². The molecule has 64 heavy (non-hydrogen) atoms. The first kappa shape index (κ1) is 52.0. The molecule has 0 unspecified atom stereocenters. The summed E-state index contributed by atoms with van der Waals surface area (Å²) < 4.78 is 60.2. The lowest BCUT2D eigenvalue weighted by Crippen LogP contribution is -2.68. The monoisotopic (exact) mass is 918 g/mol. The van der Waals surface area contributed by atoms with Crippen molar-refractivity contribution in [2.75, 3.05) is 26.1 Å². The minimum Gasteiger partial charge on any atom is -0.466 e. The fourth-order valence-electron chi connectivity index (χ4n) is 7.30. The van der Waals surface area contributed by atoms with Gasteiger partial charge in [0.1, 0.15) is 29.9 Å². The van der Waals surface area contributed by atoms with Crippen LogP contribution in [0.4, 0.5) is 0 Å². The predicted molar refractivity (Wildman–Crippen MR) is 230 cm³/mol. The van der Waals surface area contributed by atoms with Gasteiger partial charge in [-0.15, -0.1) is 11.8 Å². The van der Waals surface area contributed by atoms with E-state index in [9.17, 15) is 28.8 Å². The fourth-order valence-corrected chi connectivity index (χ4v) is 8.29. The van der Waals surface area contributed by atoms with Crippen molar-refractivity contribution in [2.24, 2.45) is 0 Å². The van der Waals surface area contributed by atoms with Crippen LogP contribution in [0.25, 0.3) is 0 Å². The normalized spacial score (nSPS) is 26.4. The van der Waals surface area contributed by atoms with Crippen LogP contribution >= 0.6 is 11.8 Å². The maximum absolute atomic E-state index is 14.0. The summed E-state index contributed by atoms with van der Waals surface area (Å²) in [6.07, 6.45) is -9.27. The van der Waals surface area contributed by atoms with E-state index in [1.54, 1.807) is 13.8 Å². The first-order valence-electron chi connectivity index (χ1n) is 21.2. The Labute approximate surface area is 378 Å². The molecule has 2 amide bonds. The van der Waals surface area contributed by atoms with Gasteiger partial charge in [-0.3, -0.25) is 28.8 Å². The van der Waals surface area contributed by atoms with Gasteiger partial charge >= 0.3 is 23.9 Å². The first-order chi connectivity index (χ1) is 30.6. The molecular formula is C45H62N2O16S. The SMILES string of the molecule is CCS[C@H]1O[C@H](C)[C@@H](NC(=O)[C@@H](CCOC(C)=O)OC(C)=O)[C@H](OCc2ccccc2)[C@@H]1O[C@H]1O[C@H](C)[C@@H](NC(=O)[C@@H](CCOC(C)=O)OC(C)=O)[C@H](OCc2ccccc2)[C@@H]1OC. The lowest BCUT2D eigenvalue weighted by Gasteiger charge is -2.50. The van der Waals surface area contributed by atoms with Crippen molar-refractivity contribution in [3.8, 4) is 0 Å². The third-order valence-electron chi connectivity index (χ3n) is 10.3. The van der Waals surface area contributed by atoms with Gasteiger partial charge in [0.05, 0.1) is 50.7 Å². The summed E-state index contributed by atoms with van der Waals surface area (Å²) in [6, 6.07) is 17.0. The largest absolute Gasteiger partial charge is 0.466 e. The number of carbonyl (C=O) groups excluding carboxylic acids is 6. The quantitative estimate of drug-likeness (QED) is 0.120. The summed E-state index contributed by atoms with van der Waals surface area (Å²) in [7, 11) is 1.45. The zero-order valence-electron chi connectivity index (χ0n) is 37.6. The molecule has 12 atom stereocenters. The number of esters is 4. The van der Waals surface area contributed by atoms with Crippen LogP contribution in [0.15, 0.2) is 60.7 Å². The number of rotatable bonds is 23.